The third-order valence-electron chi connectivity index (χ3n) is 1.27. The quantitative estimate of drug-likeness (QED) is 0.527. The summed E-state index contributed by atoms with van der Waals surface area (Å²) in [6.45, 7) is 0. The molecule has 1 rings (SSSR count). The van der Waals surface area contributed by atoms with Crippen LogP contribution in [0.4, 0.5) is 4.39 Å². The van der Waals surface area contributed by atoms with Crippen LogP contribution in [0.3, 0.4) is 0 Å². The molecule has 0 fully saturated rings. The first-order chi connectivity index (χ1) is 5.16. The lowest BCUT2D eigenvalue weighted by Crippen LogP contribution is -1.86. The van der Waals surface area contributed by atoms with Gasteiger partial charge in [0.15, 0.2) is 0 Å². The molecule has 0 N–H and O–H groups in total. The number of halogens is 4. The van der Waals surface area contributed by atoms with Gasteiger partial charge in [-0.3, -0.25) is 0 Å². The Labute approximate surface area is 82.4 Å². The molecule has 0 amide bonds. The van der Waals surface area contributed by atoms with Gasteiger partial charge >= 0.3 is 0 Å². The maximum absolute atomic E-state index is 12.7. The molecule has 4 heteroatoms. The van der Waals surface area contributed by atoms with E-state index in [9.17, 15) is 4.39 Å². The van der Waals surface area contributed by atoms with Crippen LogP contribution >= 0.6 is 39.1 Å². The Hall–Kier alpha value is 0.210. The highest BCUT2D eigenvalue weighted by Crippen LogP contribution is 2.28. The largest absolute Gasteiger partial charge is 0.205 e. The fourth-order valence-electron chi connectivity index (χ4n) is 0.692. The highest BCUT2D eigenvalue weighted by molar-refractivity contribution is 9.10. The lowest BCUT2D eigenvalue weighted by atomic mass is 10.2. The van der Waals surface area contributed by atoms with Crippen molar-refractivity contribution in [2.24, 2.45) is 0 Å². The van der Waals surface area contributed by atoms with E-state index in [2.05, 4.69) is 15.9 Å². The molecule has 1 aromatic rings. The molecule has 0 aliphatic heterocycles. The first kappa shape index (κ1) is 9.30. The van der Waals surface area contributed by atoms with Crippen molar-refractivity contribution in [1.82, 2.24) is 0 Å². The van der Waals surface area contributed by atoms with Crippen molar-refractivity contribution >= 4 is 39.1 Å². The second kappa shape index (κ2) is 3.74. The summed E-state index contributed by atoms with van der Waals surface area (Å²) in [6.07, 6.45) is 0. The molecule has 1 aromatic carbocycles. The number of hydrogen-bond acceptors (Lipinski definition) is 0. The van der Waals surface area contributed by atoms with Crippen LogP contribution in [0, 0.1) is 5.82 Å². The molecule has 0 spiro atoms. The zero-order chi connectivity index (χ0) is 8.43. The third-order valence-corrected chi connectivity index (χ3v) is 2.69. The number of hydrogen-bond donors (Lipinski definition) is 0. The van der Waals surface area contributed by atoms with Crippen LogP contribution < -0.4 is 0 Å². The van der Waals surface area contributed by atoms with Crippen molar-refractivity contribution in [3.63, 3.8) is 0 Å². The summed E-state index contributed by atoms with van der Waals surface area (Å²) in [5.41, 5.74) is 0.591. The van der Waals surface area contributed by atoms with Crippen LogP contribution in [-0.2, 0) is 5.88 Å². The molecule has 0 radical (unpaired) electrons. The number of alkyl halides is 1. The zero-order valence-corrected chi connectivity index (χ0v) is 8.47. The topological polar surface area (TPSA) is 0 Å². The van der Waals surface area contributed by atoms with Crippen molar-refractivity contribution in [3.8, 4) is 0 Å². The van der Waals surface area contributed by atoms with E-state index < -0.39 is 5.82 Å². The van der Waals surface area contributed by atoms with Crippen molar-refractivity contribution in [1.29, 1.82) is 0 Å². The predicted octanol–water partition coefficient (Wildman–Crippen LogP) is 3.98. The molecule has 0 aliphatic rings. The van der Waals surface area contributed by atoms with Crippen LogP contribution in [0.5, 0.6) is 0 Å². The van der Waals surface area contributed by atoms with Crippen LogP contribution in [0.2, 0.25) is 5.02 Å². The molecular weight excluding hydrogens is 254 g/mol. The first-order valence-corrected chi connectivity index (χ1v) is 4.55. The van der Waals surface area contributed by atoms with E-state index in [4.69, 9.17) is 23.2 Å². The monoisotopic (exact) mass is 256 g/mol. The van der Waals surface area contributed by atoms with Gasteiger partial charge in [-0.05, 0) is 12.1 Å². The maximum atomic E-state index is 12.7. The summed E-state index contributed by atoms with van der Waals surface area (Å²) < 4.78 is 13.5. The van der Waals surface area contributed by atoms with Gasteiger partial charge in [-0.1, -0.05) is 27.5 Å². The lowest BCUT2D eigenvalue weighted by molar-refractivity contribution is 0.626. The minimum Gasteiger partial charge on any atom is -0.205 e. The average Bonchev–Trinajstić information content (AvgIpc) is 1.99. The molecular formula is C7H4BrCl2F. The Bertz CT molecular complexity index is 275. The maximum Gasteiger partial charge on any atom is 0.142 e. The lowest BCUT2D eigenvalue weighted by Gasteiger charge is -2.02. The molecule has 0 atom stereocenters. The van der Waals surface area contributed by atoms with Gasteiger partial charge in [0.1, 0.15) is 5.82 Å². The van der Waals surface area contributed by atoms with Crippen LogP contribution in [-0.4, -0.2) is 0 Å². The Morgan fingerprint density at radius 2 is 2.09 bits per heavy atom. The normalized spacial score (nSPS) is 10.2. The molecule has 0 saturated carbocycles. The van der Waals surface area contributed by atoms with E-state index in [0.29, 0.717) is 5.56 Å². The minimum atomic E-state index is -0.439. The fourth-order valence-corrected chi connectivity index (χ4v) is 2.02. The van der Waals surface area contributed by atoms with Crippen molar-refractivity contribution in [2.75, 3.05) is 0 Å². The molecule has 0 nitrogen and oxygen atoms in total. The molecule has 60 valence electrons. The highest BCUT2D eigenvalue weighted by atomic mass is 79.9. The van der Waals surface area contributed by atoms with Gasteiger partial charge in [-0.15, -0.1) is 11.6 Å². The Balaban J connectivity index is 3.29. The average molecular weight is 258 g/mol. The van der Waals surface area contributed by atoms with Crippen molar-refractivity contribution < 1.29 is 4.39 Å². The molecule has 0 heterocycles. The van der Waals surface area contributed by atoms with E-state index in [-0.39, 0.29) is 10.9 Å². The second-order valence-corrected chi connectivity index (χ2v) is 3.45. The van der Waals surface area contributed by atoms with Crippen LogP contribution in [0.15, 0.2) is 16.6 Å². The Morgan fingerprint density at radius 3 is 2.55 bits per heavy atom. The standard InChI is InChI=1S/C7H4BrCl2F/c8-5-1-2-6(11)7(10)4(5)3-9/h1-2H,3H2. The summed E-state index contributed by atoms with van der Waals surface area (Å²) in [5.74, 6) is -0.234. The minimum absolute atomic E-state index is 0.0920. The molecule has 0 saturated heterocycles. The third kappa shape index (κ3) is 1.86. The molecule has 0 bridgehead atoms. The fraction of sp³-hybridized carbons (Fsp3) is 0.143. The van der Waals surface area contributed by atoms with Gasteiger partial charge in [0.05, 0.1) is 10.9 Å². The highest BCUT2D eigenvalue weighted by Gasteiger charge is 2.08. The summed E-state index contributed by atoms with van der Waals surface area (Å²) in [5, 5.41) is 0.0920. The van der Waals surface area contributed by atoms with Gasteiger partial charge in [-0.25, -0.2) is 4.39 Å². The van der Waals surface area contributed by atoms with E-state index in [1.807, 2.05) is 0 Å². The van der Waals surface area contributed by atoms with Gasteiger partial charge in [0.2, 0.25) is 0 Å². The van der Waals surface area contributed by atoms with Gasteiger partial charge in [-0.2, -0.15) is 0 Å². The zero-order valence-electron chi connectivity index (χ0n) is 5.37. The van der Waals surface area contributed by atoms with Crippen molar-refractivity contribution in [2.45, 2.75) is 5.88 Å². The Morgan fingerprint density at radius 1 is 1.45 bits per heavy atom. The van der Waals surface area contributed by atoms with Gasteiger partial charge in [0.25, 0.3) is 0 Å². The van der Waals surface area contributed by atoms with Gasteiger partial charge in [0, 0.05) is 10.0 Å². The molecule has 0 unspecified atom stereocenters. The summed E-state index contributed by atoms with van der Waals surface area (Å²) in [7, 11) is 0. The molecule has 11 heavy (non-hydrogen) atoms. The van der Waals surface area contributed by atoms with E-state index in [1.54, 1.807) is 6.07 Å². The van der Waals surface area contributed by atoms with E-state index >= 15 is 0 Å². The van der Waals surface area contributed by atoms with Crippen LogP contribution in [0.25, 0.3) is 0 Å². The van der Waals surface area contributed by atoms with E-state index in [0.717, 1.165) is 4.47 Å². The van der Waals surface area contributed by atoms with Gasteiger partial charge < -0.3 is 0 Å². The Kier molecular flexibility index (Phi) is 3.16. The summed E-state index contributed by atoms with van der Waals surface area (Å²) >= 11 is 14.3. The van der Waals surface area contributed by atoms with E-state index in [1.165, 1.54) is 6.07 Å². The van der Waals surface area contributed by atoms with Crippen molar-refractivity contribution in [3.05, 3.63) is 33.0 Å². The summed E-state index contributed by atoms with van der Waals surface area (Å²) in [6, 6.07) is 2.88. The number of rotatable bonds is 1. The van der Waals surface area contributed by atoms with Crippen LogP contribution in [0.1, 0.15) is 5.56 Å². The first-order valence-electron chi connectivity index (χ1n) is 2.85. The second-order valence-electron chi connectivity index (χ2n) is 1.96. The summed E-state index contributed by atoms with van der Waals surface area (Å²) in [4.78, 5) is 0. The molecule has 0 aromatic heterocycles. The molecule has 0 aliphatic carbocycles. The predicted molar refractivity (Wildman–Crippen MR) is 48.7 cm³/mol. The SMILES string of the molecule is Fc1ccc(Br)c(CCl)c1Cl. The smallest absolute Gasteiger partial charge is 0.142 e. The number of benzene rings is 1.